The van der Waals surface area contributed by atoms with Crippen LogP contribution in [-0.2, 0) is 14.3 Å². The minimum Gasteiger partial charge on any atom is -0.494 e. The fourth-order valence-electron chi connectivity index (χ4n) is 1.74. The first-order chi connectivity index (χ1) is 12.6. The summed E-state index contributed by atoms with van der Waals surface area (Å²) in [4.78, 5) is 24.3. The first-order valence-corrected chi connectivity index (χ1v) is 10.7. The molecule has 0 aliphatic carbocycles. The van der Waals surface area contributed by atoms with Gasteiger partial charge in [0, 0.05) is 4.90 Å². The standard InChI is InChI=1S/C16H19N3O4S3/c1-3-22-11-5-7-12(8-6-11)24-9-13(20)17-15-18-19-16(26-15)25-10-14(21)23-4-2/h5-8H,3-4,9-10H2,1-2H3,(H,17,18,20). The Morgan fingerprint density at radius 2 is 1.85 bits per heavy atom. The monoisotopic (exact) mass is 413 g/mol. The van der Waals surface area contributed by atoms with Crippen molar-refractivity contribution in [2.75, 3.05) is 30.0 Å². The molecule has 0 spiro atoms. The molecule has 1 aromatic carbocycles. The second-order valence-corrected chi connectivity index (χ2v) is 7.96. The molecular formula is C16H19N3O4S3. The fraction of sp³-hybridized carbons (Fsp3) is 0.375. The van der Waals surface area contributed by atoms with E-state index in [2.05, 4.69) is 15.5 Å². The summed E-state index contributed by atoms with van der Waals surface area (Å²) in [6, 6.07) is 7.58. The van der Waals surface area contributed by atoms with Gasteiger partial charge in [0.05, 0.1) is 24.7 Å². The highest BCUT2D eigenvalue weighted by Gasteiger charge is 2.11. The first-order valence-electron chi connectivity index (χ1n) is 7.88. The maximum absolute atomic E-state index is 12.0. The molecule has 2 aromatic rings. The van der Waals surface area contributed by atoms with Gasteiger partial charge in [0.1, 0.15) is 5.75 Å². The fourth-order valence-corrected chi connectivity index (χ4v) is 4.01. The van der Waals surface area contributed by atoms with Gasteiger partial charge in [-0.3, -0.25) is 14.9 Å². The lowest BCUT2D eigenvalue weighted by molar-refractivity contribution is -0.139. The summed E-state index contributed by atoms with van der Waals surface area (Å²) in [5, 5.41) is 11.0. The van der Waals surface area contributed by atoms with Crippen molar-refractivity contribution in [3.05, 3.63) is 24.3 Å². The van der Waals surface area contributed by atoms with Crippen molar-refractivity contribution in [2.45, 2.75) is 23.1 Å². The van der Waals surface area contributed by atoms with E-state index in [0.29, 0.717) is 22.7 Å². The molecule has 1 heterocycles. The van der Waals surface area contributed by atoms with Crippen molar-refractivity contribution in [1.29, 1.82) is 0 Å². The SMILES string of the molecule is CCOC(=O)CSc1nnc(NC(=O)CSc2ccc(OCC)cc2)s1. The topological polar surface area (TPSA) is 90.4 Å². The molecule has 1 amide bonds. The van der Waals surface area contributed by atoms with Crippen LogP contribution in [0.5, 0.6) is 5.75 Å². The molecule has 1 aromatic heterocycles. The molecule has 0 fully saturated rings. The predicted octanol–water partition coefficient (Wildman–Crippen LogP) is 3.32. The number of ether oxygens (including phenoxy) is 2. The zero-order valence-corrected chi connectivity index (χ0v) is 16.8. The van der Waals surface area contributed by atoms with Crippen molar-refractivity contribution < 1.29 is 19.1 Å². The Kier molecular flexibility index (Phi) is 8.72. The van der Waals surface area contributed by atoms with Gasteiger partial charge >= 0.3 is 5.97 Å². The quantitative estimate of drug-likeness (QED) is 0.360. The number of hydrogen-bond acceptors (Lipinski definition) is 9. The molecule has 7 nitrogen and oxygen atoms in total. The summed E-state index contributed by atoms with van der Waals surface area (Å²) in [6.07, 6.45) is 0. The lowest BCUT2D eigenvalue weighted by Crippen LogP contribution is -2.13. The van der Waals surface area contributed by atoms with Crippen LogP contribution in [0.2, 0.25) is 0 Å². The Morgan fingerprint density at radius 1 is 1.08 bits per heavy atom. The third-order valence-corrected chi connectivity index (χ3v) is 5.73. The first kappa shape index (κ1) is 20.5. The van der Waals surface area contributed by atoms with E-state index in [1.165, 1.54) is 34.9 Å². The number of hydrogen-bond donors (Lipinski definition) is 1. The molecule has 10 heteroatoms. The van der Waals surface area contributed by atoms with Gasteiger partial charge < -0.3 is 9.47 Å². The molecule has 0 bridgehead atoms. The molecule has 0 unspecified atom stereocenters. The summed E-state index contributed by atoms with van der Waals surface area (Å²) in [5.41, 5.74) is 0. The van der Waals surface area contributed by atoms with Crippen LogP contribution in [0.1, 0.15) is 13.8 Å². The third-order valence-electron chi connectivity index (χ3n) is 2.78. The van der Waals surface area contributed by atoms with Gasteiger partial charge in [-0.25, -0.2) is 0 Å². The number of thioether (sulfide) groups is 2. The van der Waals surface area contributed by atoms with E-state index in [9.17, 15) is 9.59 Å². The van der Waals surface area contributed by atoms with Gasteiger partial charge in [-0.05, 0) is 38.1 Å². The average Bonchev–Trinajstić information content (AvgIpc) is 3.07. The Hall–Kier alpha value is -1.78. The van der Waals surface area contributed by atoms with E-state index in [1.807, 2.05) is 31.2 Å². The molecule has 0 aliphatic rings. The second-order valence-electron chi connectivity index (χ2n) is 4.71. The number of rotatable bonds is 10. The summed E-state index contributed by atoms with van der Waals surface area (Å²) in [5.74, 6) is 0.776. The normalized spacial score (nSPS) is 10.4. The van der Waals surface area contributed by atoms with Crippen LogP contribution >= 0.6 is 34.9 Å². The van der Waals surface area contributed by atoms with E-state index in [1.54, 1.807) is 6.92 Å². The molecule has 0 saturated carbocycles. The highest BCUT2D eigenvalue weighted by Crippen LogP contribution is 2.26. The van der Waals surface area contributed by atoms with Crippen LogP contribution in [0.15, 0.2) is 33.5 Å². The maximum Gasteiger partial charge on any atom is 0.316 e. The molecule has 0 radical (unpaired) electrons. The smallest absolute Gasteiger partial charge is 0.316 e. The zero-order valence-electron chi connectivity index (χ0n) is 14.4. The molecule has 1 N–H and O–H groups in total. The zero-order chi connectivity index (χ0) is 18.8. The van der Waals surface area contributed by atoms with E-state index in [4.69, 9.17) is 9.47 Å². The number of benzene rings is 1. The summed E-state index contributed by atoms with van der Waals surface area (Å²) in [6.45, 7) is 4.66. The highest BCUT2D eigenvalue weighted by atomic mass is 32.2. The van der Waals surface area contributed by atoms with Crippen molar-refractivity contribution in [1.82, 2.24) is 10.2 Å². The van der Waals surface area contributed by atoms with Crippen LogP contribution in [0, 0.1) is 0 Å². The Balaban J connectivity index is 1.74. The summed E-state index contributed by atoms with van der Waals surface area (Å²) in [7, 11) is 0. The largest absolute Gasteiger partial charge is 0.494 e. The lowest BCUT2D eigenvalue weighted by Gasteiger charge is -2.04. The third kappa shape index (κ3) is 7.22. The van der Waals surface area contributed by atoms with Gasteiger partial charge in [0.15, 0.2) is 4.34 Å². The van der Waals surface area contributed by atoms with Crippen molar-refractivity contribution in [3.63, 3.8) is 0 Å². The summed E-state index contributed by atoms with van der Waals surface area (Å²) >= 11 is 3.88. The van der Waals surface area contributed by atoms with Gasteiger partial charge in [0.2, 0.25) is 11.0 Å². The van der Waals surface area contributed by atoms with E-state index >= 15 is 0 Å². The van der Waals surface area contributed by atoms with Crippen molar-refractivity contribution >= 4 is 51.9 Å². The Labute approximate surface area is 164 Å². The Morgan fingerprint density at radius 3 is 2.54 bits per heavy atom. The lowest BCUT2D eigenvalue weighted by atomic mass is 10.3. The van der Waals surface area contributed by atoms with Crippen LogP contribution in [0.25, 0.3) is 0 Å². The maximum atomic E-state index is 12.0. The van der Waals surface area contributed by atoms with E-state index in [-0.39, 0.29) is 23.4 Å². The van der Waals surface area contributed by atoms with Crippen LogP contribution < -0.4 is 10.1 Å². The summed E-state index contributed by atoms with van der Waals surface area (Å²) < 4.78 is 10.8. The molecule has 140 valence electrons. The molecule has 0 atom stereocenters. The van der Waals surface area contributed by atoms with Gasteiger partial charge in [0.25, 0.3) is 0 Å². The number of carbonyl (C=O) groups excluding carboxylic acids is 2. The van der Waals surface area contributed by atoms with Gasteiger partial charge in [-0.1, -0.05) is 23.1 Å². The molecule has 26 heavy (non-hydrogen) atoms. The number of amides is 1. The van der Waals surface area contributed by atoms with Crippen molar-refractivity contribution in [3.8, 4) is 5.75 Å². The number of nitrogens with zero attached hydrogens (tertiary/aromatic N) is 2. The van der Waals surface area contributed by atoms with E-state index in [0.717, 1.165) is 10.6 Å². The number of aromatic nitrogens is 2. The van der Waals surface area contributed by atoms with Crippen LogP contribution in [-0.4, -0.2) is 46.8 Å². The highest BCUT2D eigenvalue weighted by molar-refractivity contribution is 8.01. The molecule has 2 rings (SSSR count). The van der Waals surface area contributed by atoms with Gasteiger partial charge in [-0.2, -0.15) is 0 Å². The predicted molar refractivity (Wildman–Crippen MR) is 104 cm³/mol. The minimum atomic E-state index is -0.301. The number of anilines is 1. The number of nitrogens with one attached hydrogen (secondary N) is 1. The Bertz CT molecular complexity index is 722. The molecule has 0 aliphatic heterocycles. The van der Waals surface area contributed by atoms with Crippen molar-refractivity contribution in [2.24, 2.45) is 0 Å². The van der Waals surface area contributed by atoms with Crippen LogP contribution in [0.4, 0.5) is 5.13 Å². The minimum absolute atomic E-state index is 0.165. The molecular weight excluding hydrogens is 394 g/mol. The number of esters is 1. The van der Waals surface area contributed by atoms with E-state index < -0.39 is 0 Å². The average molecular weight is 414 g/mol. The number of carbonyl (C=O) groups is 2. The second kappa shape index (κ2) is 11.0. The molecule has 0 saturated heterocycles. The van der Waals surface area contributed by atoms with Crippen LogP contribution in [0.3, 0.4) is 0 Å². The van der Waals surface area contributed by atoms with Gasteiger partial charge in [-0.15, -0.1) is 22.0 Å².